The molecule has 0 aliphatic carbocycles. The van der Waals surface area contributed by atoms with E-state index >= 15 is 0 Å². The van der Waals surface area contributed by atoms with Gasteiger partial charge in [-0.1, -0.05) is 46.3 Å². The first-order valence-electron chi connectivity index (χ1n) is 10.1. The Morgan fingerprint density at radius 1 is 0.833 bits per heavy atom. The van der Waals surface area contributed by atoms with E-state index in [1.807, 2.05) is 49.4 Å². The maximum Gasteiger partial charge on any atom is 0.126 e. The van der Waals surface area contributed by atoms with Crippen LogP contribution in [0, 0.1) is 0 Å². The lowest BCUT2D eigenvalue weighted by atomic mass is 10.1. The quantitative estimate of drug-likeness (QED) is 0.652. The molecule has 3 rings (SSSR count). The van der Waals surface area contributed by atoms with E-state index < -0.39 is 0 Å². The number of hydrogen-bond donors (Lipinski definition) is 1. The molecule has 0 spiro atoms. The predicted molar refractivity (Wildman–Crippen MR) is 116 cm³/mol. The van der Waals surface area contributed by atoms with Gasteiger partial charge < -0.3 is 28.8 Å². The van der Waals surface area contributed by atoms with Gasteiger partial charge in [0.25, 0.3) is 0 Å². The Labute approximate surface area is 186 Å². The van der Waals surface area contributed by atoms with Crippen LogP contribution in [-0.4, -0.2) is 50.9 Å². The standard InChI is InChI=1S/C23H29BrO6/c1-17-13-27-14-19-11-21(24)12-20(23(19)25)15-28-16-22(18-5-3-2-4-6-18)30-10-8-26-7-9-29-17/h2-6,11-12,17,22,25H,7-10,13-16H2,1H3/t17?,22-/m1/s1. The molecular formula is C23H29BrO6. The fraction of sp³-hybridized carbons (Fsp3) is 0.478. The molecule has 0 saturated heterocycles. The maximum atomic E-state index is 10.7. The molecule has 1 heterocycles. The third kappa shape index (κ3) is 7.34. The Morgan fingerprint density at radius 3 is 2.17 bits per heavy atom. The van der Waals surface area contributed by atoms with Gasteiger partial charge in [0.05, 0.1) is 59.0 Å². The normalized spacial score (nSPS) is 22.7. The number of fused-ring (bicyclic) bond motifs is 2. The number of phenols is 1. The van der Waals surface area contributed by atoms with Gasteiger partial charge in [0.2, 0.25) is 0 Å². The van der Waals surface area contributed by atoms with Gasteiger partial charge in [-0.05, 0) is 24.6 Å². The summed E-state index contributed by atoms with van der Waals surface area (Å²) < 4.78 is 29.9. The zero-order chi connectivity index (χ0) is 21.2. The van der Waals surface area contributed by atoms with Crippen molar-refractivity contribution in [3.05, 3.63) is 63.6 Å². The first kappa shape index (κ1) is 23.2. The lowest BCUT2D eigenvalue weighted by molar-refractivity contribution is -0.0604. The third-order valence-electron chi connectivity index (χ3n) is 4.72. The van der Waals surface area contributed by atoms with E-state index in [9.17, 15) is 5.11 Å². The number of rotatable bonds is 1. The molecule has 1 aliphatic heterocycles. The van der Waals surface area contributed by atoms with Crippen LogP contribution in [0.15, 0.2) is 46.9 Å². The highest BCUT2D eigenvalue weighted by atomic mass is 79.9. The largest absolute Gasteiger partial charge is 0.507 e. The molecule has 2 aromatic carbocycles. The number of ether oxygens (including phenoxy) is 5. The summed E-state index contributed by atoms with van der Waals surface area (Å²) in [6.45, 7) is 5.21. The van der Waals surface area contributed by atoms with Crippen LogP contribution < -0.4 is 0 Å². The van der Waals surface area contributed by atoms with Crippen LogP contribution in [0.25, 0.3) is 0 Å². The van der Waals surface area contributed by atoms with Crippen LogP contribution in [0.2, 0.25) is 0 Å². The summed E-state index contributed by atoms with van der Waals surface area (Å²) in [6.07, 6.45) is -0.287. The summed E-state index contributed by atoms with van der Waals surface area (Å²) in [6, 6.07) is 13.7. The molecule has 0 aromatic heterocycles. The van der Waals surface area contributed by atoms with Crippen molar-refractivity contribution in [1.29, 1.82) is 0 Å². The highest BCUT2D eigenvalue weighted by Gasteiger charge is 2.15. The second-order valence-electron chi connectivity index (χ2n) is 7.17. The SMILES string of the molecule is CC1COCc2cc(Br)cc(c2O)COC[C@H](c2ccccc2)OCCOCCO1. The summed E-state index contributed by atoms with van der Waals surface area (Å²) in [5.41, 5.74) is 2.44. The highest BCUT2D eigenvalue weighted by molar-refractivity contribution is 9.10. The van der Waals surface area contributed by atoms with E-state index in [-0.39, 0.29) is 31.2 Å². The minimum absolute atomic E-state index is 0.0664. The summed E-state index contributed by atoms with van der Waals surface area (Å²) in [5, 5.41) is 10.7. The first-order valence-corrected chi connectivity index (χ1v) is 10.9. The first-order chi connectivity index (χ1) is 14.6. The fourth-order valence-electron chi connectivity index (χ4n) is 3.16. The molecule has 7 heteroatoms. The summed E-state index contributed by atoms with van der Waals surface area (Å²) in [4.78, 5) is 0. The predicted octanol–water partition coefficient (Wildman–Crippen LogP) is 4.38. The van der Waals surface area contributed by atoms with Gasteiger partial charge in [0.1, 0.15) is 11.9 Å². The lowest BCUT2D eigenvalue weighted by Crippen LogP contribution is -2.20. The summed E-state index contributed by atoms with van der Waals surface area (Å²) in [5.74, 6) is 0.193. The van der Waals surface area contributed by atoms with Gasteiger partial charge in [0, 0.05) is 15.6 Å². The zero-order valence-electron chi connectivity index (χ0n) is 17.2. The average molecular weight is 481 g/mol. The Morgan fingerprint density at radius 2 is 1.47 bits per heavy atom. The van der Waals surface area contributed by atoms with Crippen LogP contribution in [0.3, 0.4) is 0 Å². The molecule has 0 saturated carbocycles. The maximum absolute atomic E-state index is 10.7. The number of phenolic OH excluding ortho intramolecular Hbond substituents is 1. The minimum Gasteiger partial charge on any atom is -0.507 e. The Hall–Kier alpha value is -1.48. The second-order valence-corrected chi connectivity index (χ2v) is 8.08. The fourth-order valence-corrected chi connectivity index (χ4v) is 3.72. The van der Waals surface area contributed by atoms with Crippen molar-refractivity contribution in [3.63, 3.8) is 0 Å². The lowest BCUT2D eigenvalue weighted by Gasteiger charge is -2.20. The van der Waals surface area contributed by atoms with Gasteiger partial charge >= 0.3 is 0 Å². The van der Waals surface area contributed by atoms with Gasteiger partial charge in [-0.2, -0.15) is 0 Å². The molecule has 2 atom stereocenters. The molecule has 0 radical (unpaired) electrons. The molecule has 1 unspecified atom stereocenters. The van der Waals surface area contributed by atoms with Crippen molar-refractivity contribution < 1.29 is 28.8 Å². The molecular weight excluding hydrogens is 452 g/mol. The molecule has 2 aromatic rings. The molecule has 30 heavy (non-hydrogen) atoms. The molecule has 164 valence electrons. The van der Waals surface area contributed by atoms with Crippen molar-refractivity contribution in [3.8, 4) is 5.75 Å². The van der Waals surface area contributed by atoms with Crippen molar-refractivity contribution in [2.75, 3.05) is 39.6 Å². The van der Waals surface area contributed by atoms with Crippen LogP contribution in [0.5, 0.6) is 5.75 Å². The second kappa shape index (κ2) is 12.4. The summed E-state index contributed by atoms with van der Waals surface area (Å²) in [7, 11) is 0. The average Bonchev–Trinajstić information content (AvgIpc) is 2.74. The smallest absolute Gasteiger partial charge is 0.126 e. The molecule has 0 amide bonds. The van der Waals surface area contributed by atoms with E-state index in [1.54, 1.807) is 0 Å². The van der Waals surface area contributed by atoms with Gasteiger partial charge in [-0.15, -0.1) is 0 Å². The molecule has 1 N–H and O–H groups in total. The molecule has 0 fully saturated rings. The van der Waals surface area contributed by atoms with E-state index in [2.05, 4.69) is 15.9 Å². The van der Waals surface area contributed by atoms with Crippen molar-refractivity contribution >= 4 is 15.9 Å². The van der Waals surface area contributed by atoms with Gasteiger partial charge in [-0.3, -0.25) is 0 Å². The van der Waals surface area contributed by atoms with Gasteiger partial charge in [0.15, 0.2) is 0 Å². The zero-order valence-corrected chi connectivity index (χ0v) is 18.8. The van der Waals surface area contributed by atoms with Crippen LogP contribution in [0.1, 0.15) is 29.7 Å². The minimum atomic E-state index is -0.220. The number of hydrogen-bond acceptors (Lipinski definition) is 6. The van der Waals surface area contributed by atoms with Crippen molar-refractivity contribution in [2.45, 2.75) is 32.3 Å². The van der Waals surface area contributed by atoms with Crippen LogP contribution in [0.4, 0.5) is 0 Å². The molecule has 1 aliphatic rings. The third-order valence-corrected chi connectivity index (χ3v) is 5.18. The Bertz CT molecular complexity index is 770. The Kier molecular flexibility index (Phi) is 9.58. The highest BCUT2D eigenvalue weighted by Crippen LogP contribution is 2.29. The molecule has 2 bridgehead atoms. The van der Waals surface area contributed by atoms with Crippen molar-refractivity contribution in [2.24, 2.45) is 0 Å². The molecule has 6 nitrogen and oxygen atoms in total. The monoisotopic (exact) mass is 480 g/mol. The number of aromatic hydroxyl groups is 1. The van der Waals surface area contributed by atoms with Crippen LogP contribution in [-0.2, 0) is 36.9 Å². The van der Waals surface area contributed by atoms with Gasteiger partial charge in [-0.25, -0.2) is 0 Å². The van der Waals surface area contributed by atoms with E-state index in [0.717, 1.165) is 10.0 Å². The number of halogens is 1. The van der Waals surface area contributed by atoms with E-state index in [1.165, 1.54) is 0 Å². The Balaban J connectivity index is 1.72. The van der Waals surface area contributed by atoms with Crippen LogP contribution >= 0.6 is 15.9 Å². The van der Waals surface area contributed by atoms with Crippen molar-refractivity contribution in [1.82, 2.24) is 0 Å². The van der Waals surface area contributed by atoms with E-state index in [0.29, 0.717) is 50.8 Å². The van der Waals surface area contributed by atoms with E-state index in [4.69, 9.17) is 23.7 Å². The number of benzene rings is 2. The summed E-state index contributed by atoms with van der Waals surface area (Å²) >= 11 is 3.51. The topological polar surface area (TPSA) is 66.4 Å².